The van der Waals surface area contributed by atoms with Gasteiger partial charge in [-0.15, -0.1) is 12.4 Å². The Morgan fingerprint density at radius 1 is 0.824 bits per heavy atom. The minimum absolute atomic E-state index is 0. The third-order valence-corrected chi connectivity index (χ3v) is 3.16. The van der Waals surface area contributed by atoms with Gasteiger partial charge in [-0.05, 0) is 24.3 Å². The van der Waals surface area contributed by atoms with Crippen molar-refractivity contribution in [1.82, 2.24) is 0 Å². The number of rotatable bonds is 2. The average molecular weight is 376 g/mol. The SMILES string of the molecule is Cl.O=C(c1cccc(Br)c1)c1cccc(Br)c1. The van der Waals surface area contributed by atoms with E-state index >= 15 is 0 Å². The van der Waals surface area contributed by atoms with Gasteiger partial charge < -0.3 is 0 Å². The van der Waals surface area contributed by atoms with Crippen LogP contribution < -0.4 is 0 Å². The maximum absolute atomic E-state index is 12.1. The molecule has 2 rings (SSSR count). The van der Waals surface area contributed by atoms with Crippen molar-refractivity contribution in [2.45, 2.75) is 0 Å². The third-order valence-electron chi connectivity index (χ3n) is 2.17. The Hall–Kier alpha value is -0.640. The van der Waals surface area contributed by atoms with Crippen LogP contribution in [-0.4, -0.2) is 5.78 Å². The van der Waals surface area contributed by atoms with Gasteiger partial charge in [0, 0.05) is 20.1 Å². The standard InChI is InChI=1S/C13H8Br2O.ClH/c14-11-5-1-3-9(7-11)13(16)10-4-2-6-12(15)8-10;/h1-8H;1H. The van der Waals surface area contributed by atoms with Gasteiger partial charge in [-0.1, -0.05) is 56.1 Å². The predicted octanol–water partition coefficient (Wildman–Crippen LogP) is 4.86. The number of benzene rings is 2. The summed E-state index contributed by atoms with van der Waals surface area (Å²) < 4.78 is 1.82. The van der Waals surface area contributed by atoms with Gasteiger partial charge in [0.15, 0.2) is 5.78 Å². The monoisotopic (exact) mass is 374 g/mol. The fourth-order valence-electron chi connectivity index (χ4n) is 1.43. The van der Waals surface area contributed by atoms with Crippen molar-refractivity contribution in [3.05, 3.63) is 68.6 Å². The molecule has 17 heavy (non-hydrogen) atoms. The van der Waals surface area contributed by atoms with Gasteiger partial charge in [0.25, 0.3) is 0 Å². The minimum atomic E-state index is 0. The summed E-state index contributed by atoms with van der Waals surface area (Å²) in [6.07, 6.45) is 0. The predicted molar refractivity (Wildman–Crippen MR) is 79.0 cm³/mol. The molecule has 2 aromatic carbocycles. The van der Waals surface area contributed by atoms with E-state index in [-0.39, 0.29) is 18.2 Å². The van der Waals surface area contributed by atoms with E-state index in [0.717, 1.165) is 8.95 Å². The second kappa shape index (κ2) is 6.34. The van der Waals surface area contributed by atoms with Crippen molar-refractivity contribution in [3.8, 4) is 0 Å². The molecule has 0 N–H and O–H groups in total. The molecule has 0 heterocycles. The zero-order valence-electron chi connectivity index (χ0n) is 8.69. The van der Waals surface area contributed by atoms with Gasteiger partial charge >= 0.3 is 0 Å². The maximum Gasteiger partial charge on any atom is 0.193 e. The largest absolute Gasteiger partial charge is 0.289 e. The van der Waals surface area contributed by atoms with Crippen molar-refractivity contribution in [3.63, 3.8) is 0 Å². The summed E-state index contributed by atoms with van der Waals surface area (Å²) in [7, 11) is 0. The van der Waals surface area contributed by atoms with Crippen LogP contribution in [0, 0.1) is 0 Å². The highest BCUT2D eigenvalue weighted by molar-refractivity contribution is 9.10. The normalized spacial score (nSPS) is 9.53. The Labute approximate surface area is 123 Å². The first-order chi connectivity index (χ1) is 7.66. The van der Waals surface area contributed by atoms with Gasteiger partial charge in [0.1, 0.15) is 0 Å². The van der Waals surface area contributed by atoms with Crippen LogP contribution >= 0.6 is 44.3 Å². The van der Waals surface area contributed by atoms with Crippen LogP contribution in [0.25, 0.3) is 0 Å². The molecule has 0 spiro atoms. The highest BCUT2D eigenvalue weighted by atomic mass is 79.9. The fourth-order valence-corrected chi connectivity index (χ4v) is 2.22. The molecule has 4 heteroatoms. The van der Waals surface area contributed by atoms with Crippen LogP contribution in [0.4, 0.5) is 0 Å². The number of halogens is 3. The van der Waals surface area contributed by atoms with E-state index in [1.165, 1.54) is 0 Å². The van der Waals surface area contributed by atoms with Crippen LogP contribution in [0.15, 0.2) is 57.5 Å². The first-order valence-corrected chi connectivity index (χ1v) is 6.31. The lowest BCUT2D eigenvalue weighted by atomic mass is 10.0. The van der Waals surface area contributed by atoms with E-state index in [1.807, 2.05) is 48.5 Å². The van der Waals surface area contributed by atoms with Crippen LogP contribution in [0.2, 0.25) is 0 Å². The lowest BCUT2D eigenvalue weighted by Gasteiger charge is -2.02. The van der Waals surface area contributed by atoms with E-state index in [9.17, 15) is 4.79 Å². The van der Waals surface area contributed by atoms with E-state index in [2.05, 4.69) is 31.9 Å². The molecule has 0 aromatic heterocycles. The average Bonchev–Trinajstić information content (AvgIpc) is 2.28. The number of ketones is 1. The summed E-state index contributed by atoms with van der Waals surface area (Å²) in [5.74, 6) is 0.0302. The Morgan fingerprint density at radius 2 is 1.24 bits per heavy atom. The van der Waals surface area contributed by atoms with Crippen LogP contribution in [0.5, 0.6) is 0 Å². The third kappa shape index (κ3) is 3.66. The van der Waals surface area contributed by atoms with E-state index < -0.39 is 0 Å². The zero-order valence-corrected chi connectivity index (χ0v) is 12.7. The molecule has 0 saturated carbocycles. The van der Waals surface area contributed by atoms with Gasteiger partial charge in [-0.2, -0.15) is 0 Å². The second-order valence-corrected chi connectivity index (χ2v) is 5.18. The summed E-state index contributed by atoms with van der Waals surface area (Å²) in [5.41, 5.74) is 1.37. The maximum atomic E-state index is 12.1. The number of hydrogen-bond acceptors (Lipinski definition) is 1. The van der Waals surface area contributed by atoms with Gasteiger partial charge in [0.05, 0.1) is 0 Å². The highest BCUT2D eigenvalue weighted by Crippen LogP contribution is 2.18. The topological polar surface area (TPSA) is 17.1 Å². The van der Waals surface area contributed by atoms with Crippen molar-refractivity contribution in [1.29, 1.82) is 0 Å². The molecule has 1 nitrogen and oxygen atoms in total. The molecule has 0 fully saturated rings. The summed E-state index contributed by atoms with van der Waals surface area (Å²) >= 11 is 6.71. The summed E-state index contributed by atoms with van der Waals surface area (Å²) in [6.45, 7) is 0. The molecule has 0 aliphatic rings. The smallest absolute Gasteiger partial charge is 0.193 e. The quantitative estimate of drug-likeness (QED) is 0.684. The molecule has 0 aliphatic heterocycles. The fraction of sp³-hybridized carbons (Fsp3) is 0. The zero-order chi connectivity index (χ0) is 11.5. The molecule has 0 bridgehead atoms. The van der Waals surface area contributed by atoms with Crippen molar-refractivity contribution < 1.29 is 4.79 Å². The summed E-state index contributed by atoms with van der Waals surface area (Å²) in [6, 6.07) is 14.8. The lowest BCUT2D eigenvalue weighted by Crippen LogP contribution is -2.00. The first-order valence-electron chi connectivity index (χ1n) is 4.72. The van der Waals surface area contributed by atoms with Gasteiger partial charge in [-0.25, -0.2) is 0 Å². The molecule has 0 amide bonds. The van der Waals surface area contributed by atoms with E-state index in [1.54, 1.807) is 0 Å². The molecule has 88 valence electrons. The number of carbonyl (C=O) groups excluding carboxylic acids is 1. The molecule has 0 aliphatic carbocycles. The Bertz CT molecular complexity index is 493. The van der Waals surface area contributed by atoms with Gasteiger partial charge in [-0.3, -0.25) is 4.79 Å². The van der Waals surface area contributed by atoms with Gasteiger partial charge in [0.2, 0.25) is 0 Å². The molecular weight excluding hydrogens is 367 g/mol. The molecule has 0 atom stereocenters. The van der Waals surface area contributed by atoms with Crippen LogP contribution in [0.3, 0.4) is 0 Å². The van der Waals surface area contributed by atoms with Crippen molar-refractivity contribution in [2.24, 2.45) is 0 Å². The van der Waals surface area contributed by atoms with E-state index in [0.29, 0.717) is 11.1 Å². The molecule has 0 unspecified atom stereocenters. The Balaban J connectivity index is 0.00000144. The van der Waals surface area contributed by atoms with Crippen molar-refractivity contribution >= 4 is 50.1 Å². The minimum Gasteiger partial charge on any atom is -0.289 e. The van der Waals surface area contributed by atoms with Crippen LogP contribution in [-0.2, 0) is 0 Å². The second-order valence-electron chi connectivity index (χ2n) is 3.35. The molecule has 0 saturated heterocycles. The molecule has 0 radical (unpaired) electrons. The van der Waals surface area contributed by atoms with Crippen molar-refractivity contribution in [2.75, 3.05) is 0 Å². The molecular formula is C13H9Br2ClO. The molecule has 2 aromatic rings. The summed E-state index contributed by atoms with van der Waals surface area (Å²) in [4.78, 5) is 12.1. The van der Waals surface area contributed by atoms with E-state index in [4.69, 9.17) is 0 Å². The Kier molecular flexibility index (Phi) is 5.37. The Morgan fingerprint density at radius 3 is 1.59 bits per heavy atom. The first kappa shape index (κ1) is 14.4. The lowest BCUT2D eigenvalue weighted by molar-refractivity contribution is 0.103. The van der Waals surface area contributed by atoms with Crippen LogP contribution in [0.1, 0.15) is 15.9 Å². The highest BCUT2D eigenvalue weighted by Gasteiger charge is 2.08. The number of hydrogen-bond donors (Lipinski definition) is 0. The summed E-state index contributed by atoms with van der Waals surface area (Å²) in [5, 5.41) is 0. The number of carbonyl (C=O) groups is 1.